The molecule has 2 saturated heterocycles. The summed E-state index contributed by atoms with van der Waals surface area (Å²) in [5, 5.41) is 0. The maximum atomic E-state index is 13.9. The maximum absolute atomic E-state index is 13.9. The SMILES string of the molecule is O=C(C1CC(=O)N(c2cc(F)cc(F)c2)C1)N1CCCN(Cc2ccccc2F)CC1. The molecule has 31 heavy (non-hydrogen) atoms. The molecule has 2 heterocycles. The van der Waals surface area contributed by atoms with E-state index in [2.05, 4.69) is 4.90 Å². The lowest BCUT2D eigenvalue weighted by atomic mass is 10.1. The van der Waals surface area contributed by atoms with Crippen LogP contribution in [-0.2, 0) is 16.1 Å². The van der Waals surface area contributed by atoms with Crippen molar-refractivity contribution in [3.05, 3.63) is 65.5 Å². The number of amides is 2. The third kappa shape index (κ3) is 4.90. The molecule has 5 nitrogen and oxygen atoms in total. The van der Waals surface area contributed by atoms with Crippen LogP contribution in [0.25, 0.3) is 0 Å². The van der Waals surface area contributed by atoms with Crippen LogP contribution in [0.3, 0.4) is 0 Å². The minimum absolute atomic E-state index is 0.0202. The normalized spacial score (nSPS) is 20.2. The lowest BCUT2D eigenvalue weighted by Crippen LogP contribution is -2.40. The molecule has 0 bridgehead atoms. The molecule has 2 aromatic carbocycles. The second kappa shape index (κ2) is 9.09. The van der Waals surface area contributed by atoms with Gasteiger partial charge in [-0.05, 0) is 24.6 Å². The van der Waals surface area contributed by atoms with Crippen molar-refractivity contribution in [1.82, 2.24) is 9.80 Å². The molecule has 0 aliphatic carbocycles. The number of carbonyl (C=O) groups excluding carboxylic acids is 2. The molecule has 0 N–H and O–H groups in total. The summed E-state index contributed by atoms with van der Waals surface area (Å²) >= 11 is 0. The van der Waals surface area contributed by atoms with E-state index in [1.54, 1.807) is 23.1 Å². The van der Waals surface area contributed by atoms with Crippen LogP contribution < -0.4 is 4.90 Å². The van der Waals surface area contributed by atoms with Gasteiger partial charge in [0.2, 0.25) is 11.8 Å². The van der Waals surface area contributed by atoms with E-state index in [0.29, 0.717) is 31.7 Å². The van der Waals surface area contributed by atoms with Gasteiger partial charge in [-0.1, -0.05) is 18.2 Å². The third-order valence-electron chi connectivity index (χ3n) is 5.89. The first-order valence-electron chi connectivity index (χ1n) is 10.4. The van der Waals surface area contributed by atoms with E-state index < -0.39 is 17.6 Å². The van der Waals surface area contributed by atoms with E-state index in [1.165, 1.54) is 11.0 Å². The molecule has 0 radical (unpaired) electrons. The van der Waals surface area contributed by atoms with Gasteiger partial charge in [0, 0.05) is 63.0 Å². The number of rotatable bonds is 4. The quantitative estimate of drug-likeness (QED) is 0.747. The number of halogens is 3. The molecular weight excluding hydrogens is 407 g/mol. The number of carbonyl (C=O) groups is 2. The Balaban J connectivity index is 1.37. The predicted molar refractivity (Wildman–Crippen MR) is 110 cm³/mol. The van der Waals surface area contributed by atoms with Gasteiger partial charge in [-0.3, -0.25) is 14.5 Å². The molecule has 1 unspecified atom stereocenters. The minimum Gasteiger partial charge on any atom is -0.341 e. The van der Waals surface area contributed by atoms with Gasteiger partial charge in [0.05, 0.1) is 5.92 Å². The van der Waals surface area contributed by atoms with Gasteiger partial charge >= 0.3 is 0 Å². The largest absolute Gasteiger partial charge is 0.341 e. The summed E-state index contributed by atoms with van der Waals surface area (Å²) in [6, 6.07) is 9.61. The average Bonchev–Trinajstić information content (AvgIpc) is 2.97. The lowest BCUT2D eigenvalue weighted by molar-refractivity contribution is -0.135. The smallest absolute Gasteiger partial charge is 0.228 e. The van der Waals surface area contributed by atoms with E-state index in [1.807, 2.05) is 0 Å². The molecule has 8 heteroatoms. The highest BCUT2D eigenvalue weighted by Gasteiger charge is 2.37. The second-order valence-electron chi connectivity index (χ2n) is 8.08. The average molecular weight is 431 g/mol. The van der Waals surface area contributed by atoms with Gasteiger partial charge in [-0.25, -0.2) is 13.2 Å². The Labute approximate surface area is 179 Å². The molecule has 4 rings (SSSR count). The molecule has 0 spiro atoms. The fourth-order valence-electron chi connectivity index (χ4n) is 4.29. The highest BCUT2D eigenvalue weighted by Crippen LogP contribution is 2.28. The summed E-state index contributed by atoms with van der Waals surface area (Å²) in [6.45, 7) is 3.00. The second-order valence-corrected chi connectivity index (χ2v) is 8.08. The topological polar surface area (TPSA) is 43.9 Å². The fraction of sp³-hybridized carbons (Fsp3) is 0.391. The molecule has 2 aliphatic heterocycles. The van der Waals surface area contributed by atoms with Crippen LogP contribution in [0.2, 0.25) is 0 Å². The number of benzene rings is 2. The van der Waals surface area contributed by atoms with Crippen molar-refractivity contribution in [1.29, 1.82) is 0 Å². The highest BCUT2D eigenvalue weighted by molar-refractivity contribution is 6.00. The van der Waals surface area contributed by atoms with Gasteiger partial charge < -0.3 is 9.80 Å². The van der Waals surface area contributed by atoms with E-state index in [9.17, 15) is 22.8 Å². The molecule has 2 amide bonds. The van der Waals surface area contributed by atoms with E-state index in [0.717, 1.165) is 31.2 Å². The Hall–Kier alpha value is -2.87. The predicted octanol–water partition coefficient (Wildman–Crippen LogP) is 3.19. The van der Waals surface area contributed by atoms with Crippen LogP contribution in [0.15, 0.2) is 42.5 Å². The Morgan fingerprint density at radius 2 is 1.71 bits per heavy atom. The summed E-state index contributed by atoms with van der Waals surface area (Å²) in [4.78, 5) is 30.6. The van der Waals surface area contributed by atoms with Crippen molar-refractivity contribution >= 4 is 17.5 Å². The minimum atomic E-state index is -0.764. The molecule has 0 saturated carbocycles. The van der Waals surface area contributed by atoms with Crippen molar-refractivity contribution < 1.29 is 22.8 Å². The van der Waals surface area contributed by atoms with E-state index >= 15 is 0 Å². The van der Waals surface area contributed by atoms with Crippen LogP contribution in [0.5, 0.6) is 0 Å². The van der Waals surface area contributed by atoms with Crippen LogP contribution in [-0.4, -0.2) is 54.3 Å². The summed E-state index contributed by atoms with van der Waals surface area (Å²) in [6.07, 6.45) is 0.770. The van der Waals surface area contributed by atoms with E-state index in [4.69, 9.17) is 0 Å². The first-order valence-corrected chi connectivity index (χ1v) is 10.4. The number of hydrogen-bond donors (Lipinski definition) is 0. The maximum Gasteiger partial charge on any atom is 0.228 e. The highest BCUT2D eigenvalue weighted by atomic mass is 19.1. The Morgan fingerprint density at radius 1 is 0.968 bits per heavy atom. The van der Waals surface area contributed by atoms with Gasteiger partial charge in [-0.2, -0.15) is 0 Å². The first kappa shape index (κ1) is 21.4. The van der Waals surface area contributed by atoms with Gasteiger partial charge in [0.1, 0.15) is 17.5 Å². The third-order valence-corrected chi connectivity index (χ3v) is 5.89. The molecule has 2 aliphatic rings. The van der Waals surface area contributed by atoms with Crippen molar-refractivity contribution in [2.45, 2.75) is 19.4 Å². The van der Waals surface area contributed by atoms with Crippen molar-refractivity contribution in [2.24, 2.45) is 5.92 Å². The molecule has 1 atom stereocenters. The fourth-order valence-corrected chi connectivity index (χ4v) is 4.29. The molecule has 0 aromatic heterocycles. The zero-order valence-electron chi connectivity index (χ0n) is 17.1. The van der Waals surface area contributed by atoms with Crippen LogP contribution in [0, 0.1) is 23.4 Å². The molecular formula is C23H24F3N3O2. The lowest BCUT2D eigenvalue weighted by Gasteiger charge is -2.24. The molecule has 2 fully saturated rings. The number of anilines is 1. The standard InChI is InChI=1S/C23H24F3N3O2/c24-18-11-19(25)13-20(12-18)29-15-17(10-22(29)30)23(31)28-7-3-6-27(8-9-28)14-16-4-1-2-5-21(16)26/h1-2,4-5,11-13,17H,3,6-10,14-15H2. The zero-order chi connectivity index (χ0) is 22.0. The number of hydrogen-bond acceptors (Lipinski definition) is 3. The first-order chi connectivity index (χ1) is 14.9. The summed E-state index contributed by atoms with van der Waals surface area (Å²) in [5.74, 6) is -2.75. The van der Waals surface area contributed by atoms with Crippen LogP contribution in [0.4, 0.5) is 18.9 Å². The summed E-state index contributed by atoms with van der Waals surface area (Å²) in [5.41, 5.74) is 0.756. The Bertz CT molecular complexity index is 964. The van der Waals surface area contributed by atoms with Crippen LogP contribution >= 0.6 is 0 Å². The Morgan fingerprint density at radius 3 is 2.45 bits per heavy atom. The van der Waals surface area contributed by atoms with Gasteiger partial charge in [0.15, 0.2) is 0 Å². The Kier molecular flexibility index (Phi) is 6.27. The van der Waals surface area contributed by atoms with Crippen molar-refractivity contribution in [3.8, 4) is 0 Å². The van der Waals surface area contributed by atoms with Crippen molar-refractivity contribution in [3.63, 3.8) is 0 Å². The van der Waals surface area contributed by atoms with Gasteiger partial charge in [0.25, 0.3) is 0 Å². The van der Waals surface area contributed by atoms with Crippen LogP contribution in [0.1, 0.15) is 18.4 Å². The van der Waals surface area contributed by atoms with Crippen molar-refractivity contribution in [2.75, 3.05) is 37.6 Å². The summed E-state index contributed by atoms with van der Waals surface area (Å²) in [7, 11) is 0. The van der Waals surface area contributed by atoms with E-state index in [-0.39, 0.29) is 36.3 Å². The van der Waals surface area contributed by atoms with Gasteiger partial charge in [-0.15, -0.1) is 0 Å². The zero-order valence-corrected chi connectivity index (χ0v) is 17.1. The summed E-state index contributed by atoms with van der Waals surface area (Å²) < 4.78 is 41.0. The molecule has 164 valence electrons. The molecule has 2 aromatic rings. The monoisotopic (exact) mass is 431 g/mol. The number of nitrogens with zero attached hydrogens (tertiary/aromatic N) is 3.